The molecular formula is C16H16BNO3. The first-order valence-electron chi connectivity index (χ1n) is 6.65. The normalized spacial score (nSPS) is 10.1. The van der Waals surface area contributed by atoms with E-state index >= 15 is 0 Å². The molecule has 0 bridgehead atoms. The Morgan fingerprint density at radius 2 is 1.81 bits per heavy atom. The van der Waals surface area contributed by atoms with Crippen LogP contribution in [0.25, 0.3) is 0 Å². The predicted molar refractivity (Wildman–Crippen MR) is 83.9 cm³/mol. The van der Waals surface area contributed by atoms with Crippen LogP contribution in [0.15, 0.2) is 42.5 Å². The summed E-state index contributed by atoms with van der Waals surface area (Å²) in [6, 6.07) is 12.1. The monoisotopic (exact) mass is 281 g/mol. The van der Waals surface area contributed by atoms with Crippen molar-refractivity contribution in [3.8, 4) is 0 Å². The molecular weight excluding hydrogens is 265 g/mol. The van der Waals surface area contributed by atoms with Crippen molar-refractivity contribution in [3.63, 3.8) is 0 Å². The average Bonchev–Trinajstić information content (AvgIpc) is 2.48. The summed E-state index contributed by atoms with van der Waals surface area (Å²) in [6.07, 6.45) is 0. The van der Waals surface area contributed by atoms with Gasteiger partial charge in [-0.05, 0) is 36.2 Å². The van der Waals surface area contributed by atoms with E-state index in [1.165, 1.54) is 12.1 Å². The zero-order valence-electron chi connectivity index (χ0n) is 12.0. The van der Waals surface area contributed by atoms with Crippen molar-refractivity contribution in [1.29, 1.82) is 0 Å². The summed E-state index contributed by atoms with van der Waals surface area (Å²) >= 11 is 0. The molecule has 0 fully saturated rings. The zero-order chi connectivity index (χ0) is 15.4. The number of amides is 1. The topological polar surface area (TPSA) is 66.4 Å². The minimum atomic E-state index is -0.957. The summed E-state index contributed by atoms with van der Waals surface area (Å²) < 4.78 is 0. The Hall–Kier alpha value is -2.56. The molecule has 0 heterocycles. The largest absolute Gasteiger partial charge is 0.478 e. The highest BCUT2D eigenvalue weighted by atomic mass is 16.4. The van der Waals surface area contributed by atoms with Crippen LogP contribution < -0.4 is 10.8 Å². The number of rotatable bonds is 4. The van der Waals surface area contributed by atoms with Gasteiger partial charge in [-0.25, -0.2) is 4.79 Å². The van der Waals surface area contributed by atoms with E-state index in [-0.39, 0.29) is 11.5 Å². The zero-order valence-corrected chi connectivity index (χ0v) is 12.0. The highest BCUT2D eigenvalue weighted by Gasteiger charge is 2.09. The lowest BCUT2D eigenvalue weighted by atomic mass is 9.88. The first-order chi connectivity index (χ1) is 9.99. The van der Waals surface area contributed by atoms with Crippen molar-refractivity contribution in [3.05, 3.63) is 64.7 Å². The van der Waals surface area contributed by atoms with Crippen LogP contribution in [0.2, 0.25) is 0 Å². The predicted octanol–water partition coefficient (Wildman–Crippen LogP) is 0.882. The minimum Gasteiger partial charge on any atom is -0.478 e. The fraction of sp³-hybridized carbons (Fsp3) is 0.125. The van der Waals surface area contributed by atoms with Crippen molar-refractivity contribution in [2.75, 3.05) is 0 Å². The maximum atomic E-state index is 12.2. The van der Waals surface area contributed by atoms with Gasteiger partial charge in [-0.15, -0.1) is 0 Å². The lowest BCUT2D eigenvalue weighted by molar-refractivity contribution is 0.0696. The Morgan fingerprint density at radius 3 is 2.43 bits per heavy atom. The molecule has 0 aliphatic rings. The van der Waals surface area contributed by atoms with Crippen molar-refractivity contribution in [2.24, 2.45) is 0 Å². The highest BCUT2D eigenvalue weighted by molar-refractivity contribution is 6.33. The lowest BCUT2D eigenvalue weighted by Gasteiger charge is -2.10. The maximum Gasteiger partial charge on any atom is 0.335 e. The van der Waals surface area contributed by atoms with Crippen LogP contribution in [0.3, 0.4) is 0 Å². The first kappa shape index (κ1) is 14.8. The van der Waals surface area contributed by atoms with Gasteiger partial charge in [0.15, 0.2) is 0 Å². The van der Waals surface area contributed by atoms with Crippen molar-refractivity contribution in [2.45, 2.75) is 13.5 Å². The molecule has 0 aliphatic carbocycles. The minimum absolute atomic E-state index is 0.126. The molecule has 0 radical (unpaired) electrons. The fourth-order valence-corrected chi connectivity index (χ4v) is 2.04. The Balaban J connectivity index is 2.04. The Kier molecular flexibility index (Phi) is 4.43. The second-order valence-corrected chi connectivity index (χ2v) is 4.93. The molecule has 0 aliphatic heterocycles. The van der Waals surface area contributed by atoms with Gasteiger partial charge in [0.05, 0.1) is 5.56 Å². The number of benzene rings is 2. The number of hydrogen-bond acceptors (Lipinski definition) is 2. The van der Waals surface area contributed by atoms with Crippen LogP contribution in [0.5, 0.6) is 0 Å². The SMILES string of the molecule is Bc1cccc(C(=O)NCc2ccc(C(=O)O)cc2)c1C. The van der Waals surface area contributed by atoms with Crippen LogP contribution in [-0.4, -0.2) is 24.8 Å². The van der Waals surface area contributed by atoms with Crippen LogP contribution >= 0.6 is 0 Å². The second-order valence-electron chi connectivity index (χ2n) is 4.93. The van der Waals surface area contributed by atoms with Gasteiger partial charge in [-0.2, -0.15) is 0 Å². The molecule has 5 heteroatoms. The van der Waals surface area contributed by atoms with E-state index in [0.717, 1.165) is 16.6 Å². The molecule has 0 aromatic heterocycles. The summed E-state index contributed by atoms with van der Waals surface area (Å²) in [5, 5.41) is 11.7. The summed E-state index contributed by atoms with van der Waals surface area (Å²) in [6.45, 7) is 2.29. The quantitative estimate of drug-likeness (QED) is 0.818. The van der Waals surface area contributed by atoms with Gasteiger partial charge in [0.25, 0.3) is 5.91 Å². The molecule has 2 rings (SSSR count). The van der Waals surface area contributed by atoms with Crippen molar-refractivity contribution >= 4 is 25.2 Å². The smallest absolute Gasteiger partial charge is 0.335 e. The summed E-state index contributed by atoms with van der Waals surface area (Å²) in [5.74, 6) is -1.08. The Bertz CT molecular complexity index is 680. The van der Waals surface area contributed by atoms with Crippen LogP contribution in [0.1, 0.15) is 31.8 Å². The molecule has 4 nitrogen and oxygen atoms in total. The number of carboxylic acids is 1. The van der Waals surface area contributed by atoms with E-state index in [4.69, 9.17) is 5.11 Å². The molecule has 0 saturated carbocycles. The first-order valence-corrected chi connectivity index (χ1v) is 6.65. The van der Waals surface area contributed by atoms with Crippen LogP contribution in [0.4, 0.5) is 0 Å². The third-order valence-corrected chi connectivity index (χ3v) is 3.50. The molecule has 2 N–H and O–H groups in total. The van der Waals surface area contributed by atoms with Crippen molar-refractivity contribution < 1.29 is 14.7 Å². The van der Waals surface area contributed by atoms with E-state index < -0.39 is 5.97 Å². The summed E-state index contributed by atoms with van der Waals surface area (Å²) in [5.41, 5.74) is 3.81. The maximum absolute atomic E-state index is 12.2. The van der Waals surface area contributed by atoms with E-state index in [9.17, 15) is 9.59 Å². The molecule has 106 valence electrons. The number of carbonyl (C=O) groups excluding carboxylic acids is 1. The standard InChI is InChI=1S/C16H16BNO3/c1-10-13(3-2-4-14(10)17)15(19)18-9-11-5-7-12(8-6-11)16(20)21/h2-8H,9,17H2,1H3,(H,18,19)(H,20,21). The number of aromatic carboxylic acids is 1. The van der Waals surface area contributed by atoms with E-state index in [0.29, 0.717) is 12.1 Å². The third kappa shape index (κ3) is 3.51. The van der Waals surface area contributed by atoms with Gasteiger partial charge in [-0.3, -0.25) is 4.79 Å². The number of nitrogens with one attached hydrogen (secondary N) is 1. The van der Waals surface area contributed by atoms with Gasteiger partial charge in [0.2, 0.25) is 0 Å². The molecule has 2 aromatic rings. The number of carboxylic acid groups (broad SMARTS) is 1. The summed E-state index contributed by atoms with van der Waals surface area (Å²) in [7, 11) is 1.97. The van der Waals surface area contributed by atoms with Gasteiger partial charge >= 0.3 is 5.97 Å². The molecule has 2 aromatic carbocycles. The number of carbonyl (C=O) groups is 2. The average molecular weight is 281 g/mol. The van der Waals surface area contributed by atoms with Crippen LogP contribution in [-0.2, 0) is 6.54 Å². The third-order valence-electron chi connectivity index (χ3n) is 3.50. The summed E-state index contributed by atoms with van der Waals surface area (Å²) in [4.78, 5) is 22.9. The number of hydrogen-bond donors (Lipinski definition) is 2. The van der Waals surface area contributed by atoms with E-state index in [2.05, 4.69) is 5.32 Å². The molecule has 21 heavy (non-hydrogen) atoms. The highest BCUT2D eigenvalue weighted by Crippen LogP contribution is 2.07. The van der Waals surface area contributed by atoms with Crippen LogP contribution in [0, 0.1) is 6.92 Å². The van der Waals surface area contributed by atoms with Gasteiger partial charge < -0.3 is 10.4 Å². The Labute approximate surface area is 124 Å². The van der Waals surface area contributed by atoms with Gasteiger partial charge in [-0.1, -0.05) is 29.7 Å². The van der Waals surface area contributed by atoms with Gasteiger partial charge in [0, 0.05) is 12.1 Å². The fourth-order valence-electron chi connectivity index (χ4n) is 2.04. The lowest BCUT2D eigenvalue weighted by Crippen LogP contribution is -2.25. The van der Waals surface area contributed by atoms with Crippen molar-refractivity contribution in [1.82, 2.24) is 5.32 Å². The van der Waals surface area contributed by atoms with E-state index in [1.54, 1.807) is 18.2 Å². The molecule has 0 saturated heterocycles. The molecule has 0 atom stereocenters. The van der Waals surface area contributed by atoms with E-state index in [1.807, 2.05) is 26.9 Å². The molecule has 0 spiro atoms. The molecule has 0 unspecified atom stereocenters. The Morgan fingerprint density at radius 1 is 1.14 bits per heavy atom. The second kappa shape index (κ2) is 6.26. The molecule has 1 amide bonds. The van der Waals surface area contributed by atoms with Gasteiger partial charge in [0.1, 0.15) is 7.85 Å².